The SMILES string of the molecule is CCCCCn1cc(I)cc1C(=O)O. The van der Waals surface area contributed by atoms with Gasteiger partial charge in [-0.1, -0.05) is 19.8 Å². The van der Waals surface area contributed by atoms with Gasteiger partial charge >= 0.3 is 5.97 Å². The number of rotatable bonds is 5. The van der Waals surface area contributed by atoms with E-state index in [-0.39, 0.29) is 0 Å². The molecule has 1 heterocycles. The largest absolute Gasteiger partial charge is 0.477 e. The highest BCUT2D eigenvalue weighted by atomic mass is 127. The summed E-state index contributed by atoms with van der Waals surface area (Å²) in [6.45, 7) is 2.94. The Kier molecular flexibility index (Phi) is 4.44. The molecule has 0 unspecified atom stereocenters. The van der Waals surface area contributed by atoms with Crippen LogP contribution in [0, 0.1) is 3.57 Å². The van der Waals surface area contributed by atoms with Crippen molar-refractivity contribution in [3.05, 3.63) is 21.5 Å². The first-order chi connectivity index (χ1) is 6.65. The van der Waals surface area contributed by atoms with Crippen LogP contribution in [0.2, 0.25) is 0 Å². The van der Waals surface area contributed by atoms with Gasteiger partial charge in [0.05, 0.1) is 0 Å². The van der Waals surface area contributed by atoms with Crippen LogP contribution in [0.15, 0.2) is 12.3 Å². The summed E-state index contributed by atoms with van der Waals surface area (Å²) in [7, 11) is 0. The molecule has 0 aliphatic carbocycles. The van der Waals surface area contributed by atoms with Crippen LogP contribution < -0.4 is 0 Å². The van der Waals surface area contributed by atoms with Crippen LogP contribution in [0.25, 0.3) is 0 Å². The van der Waals surface area contributed by atoms with Crippen molar-refractivity contribution in [1.29, 1.82) is 0 Å². The number of carboxylic acid groups (broad SMARTS) is 1. The normalized spacial score (nSPS) is 10.4. The molecule has 78 valence electrons. The van der Waals surface area contributed by atoms with Crippen LogP contribution in [0.3, 0.4) is 0 Å². The predicted molar refractivity (Wildman–Crippen MR) is 63.6 cm³/mol. The van der Waals surface area contributed by atoms with Gasteiger partial charge in [0, 0.05) is 16.3 Å². The van der Waals surface area contributed by atoms with E-state index < -0.39 is 5.97 Å². The zero-order valence-electron chi connectivity index (χ0n) is 8.16. The number of aromatic nitrogens is 1. The highest BCUT2D eigenvalue weighted by Gasteiger charge is 2.10. The molecule has 0 amide bonds. The van der Waals surface area contributed by atoms with Gasteiger partial charge in [-0.05, 0) is 35.1 Å². The Balaban J connectivity index is 2.69. The number of aryl methyl sites for hydroxylation is 1. The summed E-state index contributed by atoms with van der Waals surface area (Å²) in [6, 6.07) is 1.70. The Morgan fingerprint density at radius 1 is 1.57 bits per heavy atom. The Labute approximate surface area is 97.3 Å². The number of unbranched alkanes of at least 4 members (excludes halogenated alkanes) is 2. The molecule has 4 heteroatoms. The van der Waals surface area contributed by atoms with Gasteiger partial charge in [0.2, 0.25) is 0 Å². The molecular weight excluding hydrogens is 293 g/mol. The molecule has 0 atom stereocenters. The van der Waals surface area contributed by atoms with Crippen LogP contribution in [-0.2, 0) is 6.54 Å². The van der Waals surface area contributed by atoms with Gasteiger partial charge in [-0.25, -0.2) is 4.79 Å². The lowest BCUT2D eigenvalue weighted by atomic mass is 10.2. The van der Waals surface area contributed by atoms with Gasteiger partial charge in [-0.3, -0.25) is 0 Å². The molecular formula is C10H14INO2. The van der Waals surface area contributed by atoms with E-state index in [2.05, 4.69) is 29.5 Å². The zero-order valence-corrected chi connectivity index (χ0v) is 10.3. The standard InChI is InChI=1S/C10H14INO2/c1-2-3-4-5-12-7-8(11)6-9(12)10(13)14/h6-7H,2-5H2,1H3,(H,13,14). The average Bonchev–Trinajstić information content (AvgIpc) is 2.47. The van der Waals surface area contributed by atoms with Gasteiger partial charge in [-0.15, -0.1) is 0 Å². The quantitative estimate of drug-likeness (QED) is 0.671. The predicted octanol–water partition coefficient (Wildman–Crippen LogP) is 2.98. The van der Waals surface area contributed by atoms with Crippen molar-refractivity contribution in [3.8, 4) is 0 Å². The molecule has 0 aliphatic heterocycles. The summed E-state index contributed by atoms with van der Waals surface area (Å²) in [6.07, 6.45) is 5.23. The third-order valence-corrected chi connectivity index (χ3v) is 2.67. The minimum atomic E-state index is -0.843. The highest BCUT2D eigenvalue weighted by Crippen LogP contribution is 2.12. The van der Waals surface area contributed by atoms with E-state index in [1.807, 2.05) is 10.8 Å². The van der Waals surface area contributed by atoms with Crippen molar-refractivity contribution in [2.75, 3.05) is 0 Å². The molecule has 0 bridgehead atoms. The lowest BCUT2D eigenvalue weighted by Gasteiger charge is -2.04. The molecule has 1 aromatic heterocycles. The number of nitrogens with zero attached hydrogens (tertiary/aromatic N) is 1. The first-order valence-electron chi connectivity index (χ1n) is 4.74. The van der Waals surface area contributed by atoms with Gasteiger partial charge in [-0.2, -0.15) is 0 Å². The van der Waals surface area contributed by atoms with Crippen molar-refractivity contribution in [2.24, 2.45) is 0 Å². The van der Waals surface area contributed by atoms with E-state index in [0.29, 0.717) is 5.69 Å². The second-order valence-corrected chi connectivity index (χ2v) is 4.49. The van der Waals surface area contributed by atoms with Crippen molar-refractivity contribution < 1.29 is 9.90 Å². The fraction of sp³-hybridized carbons (Fsp3) is 0.500. The minimum Gasteiger partial charge on any atom is -0.477 e. The van der Waals surface area contributed by atoms with Gasteiger partial charge < -0.3 is 9.67 Å². The molecule has 0 saturated carbocycles. The van der Waals surface area contributed by atoms with Gasteiger partial charge in [0.25, 0.3) is 0 Å². The van der Waals surface area contributed by atoms with E-state index in [1.165, 1.54) is 0 Å². The maximum Gasteiger partial charge on any atom is 0.352 e. The van der Waals surface area contributed by atoms with E-state index in [9.17, 15) is 4.79 Å². The third-order valence-electron chi connectivity index (χ3n) is 2.08. The second kappa shape index (κ2) is 5.38. The summed E-state index contributed by atoms with van der Waals surface area (Å²) < 4.78 is 2.80. The number of hydrogen-bond acceptors (Lipinski definition) is 1. The molecule has 0 spiro atoms. The van der Waals surface area contributed by atoms with Crippen LogP contribution in [-0.4, -0.2) is 15.6 Å². The van der Waals surface area contributed by atoms with Crippen LogP contribution in [0.5, 0.6) is 0 Å². The molecule has 1 aromatic rings. The summed E-state index contributed by atoms with van der Waals surface area (Å²) in [5.74, 6) is -0.843. The van der Waals surface area contributed by atoms with Crippen LogP contribution in [0.1, 0.15) is 36.7 Å². The minimum absolute atomic E-state index is 0.394. The monoisotopic (exact) mass is 307 g/mol. The van der Waals surface area contributed by atoms with Gasteiger partial charge in [0.15, 0.2) is 0 Å². The van der Waals surface area contributed by atoms with E-state index in [0.717, 1.165) is 29.4 Å². The summed E-state index contributed by atoms with van der Waals surface area (Å²) in [5, 5.41) is 8.91. The lowest BCUT2D eigenvalue weighted by Crippen LogP contribution is -2.07. The molecule has 3 nitrogen and oxygen atoms in total. The third kappa shape index (κ3) is 3.01. The number of halogens is 1. The molecule has 0 aliphatic rings. The molecule has 0 saturated heterocycles. The van der Waals surface area contributed by atoms with Gasteiger partial charge in [0.1, 0.15) is 5.69 Å². The number of carboxylic acids is 1. The Bertz CT molecular complexity index is 320. The fourth-order valence-corrected chi connectivity index (χ4v) is 2.00. The highest BCUT2D eigenvalue weighted by molar-refractivity contribution is 14.1. The molecule has 0 fully saturated rings. The second-order valence-electron chi connectivity index (χ2n) is 3.25. The number of aromatic carboxylic acids is 1. The molecule has 0 aromatic carbocycles. The van der Waals surface area contributed by atoms with Crippen molar-refractivity contribution >= 4 is 28.6 Å². The Hall–Kier alpha value is -0.520. The zero-order chi connectivity index (χ0) is 10.6. The van der Waals surface area contributed by atoms with E-state index >= 15 is 0 Å². The summed E-state index contributed by atoms with van der Waals surface area (Å²) in [5.41, 5.74) is 0.394. The lowest BCUT2D eigenvalue weighted by molar-refractivity contribution is 0.0685. The Morgan fingerprint density at radius 2 is 2.29 bits per heavy atom. The molecule has 0 radical (unpaired) electrons. The maximum absolute atomic E-state index is 10.8. The maximum atomic E-state index is 10.8. The van der Waals surface area contributed by atoms with Crippen LogP contribution >= 0.6 is 22.6 Å². The summed E-state index contributed by atoms with van der Waals surface area (Å²) in [4.78, 5) is 10.8. The first-order valence-corrected chi connectivity index (χ1v) is 5.82. The molecule has 14 heavy (non-hydrogen) atoms. The number of carbonyl (C=O) groups is 1. The molecule has 1 rings (SSSR count). The average molecular weight is 307 g/mol. The first kappa shape index (κ1) is 11.6. The topological polar surface area (TPSA) is 42.2 Å². The molecule has 1 N–H and O–H groups in total. The van der Waals surface area contributed by atoms with Crippen molar-refractivity contribution in [3.63, 3.8) is 0 Å². The van der Waals surface area contributed by atoms with E-state index in [1.54, 1.807) is 6.07 Å². The Morgan fingerprint density at radius 3 is 2.86 bits per heavy atom. The summed E-state index contributed by atoms with van der Waals surface area (Å²) >= 11 is 2.14. The van der Waals surface area contributed by atoms with Crippen LogP contribution in [0.4, 0.5) is 0 Å². The number of hydrogen-bond donors (Lipinski definition) is 1. The van der Waals surface area contributed by atoms with E-state index in [4.69, 9.17) is 5.11 Å². The smallest absolute Gasteiger partial charge is 0.352 e. The fourth-order valence-electron chi connectivity index (χ4n) is 1.37. The van der Waals surface area contributed by atoms with Crippen molar-refractivity contribution in [1.82, 2.24) is 4.57 Å². The van der Waals surface area contributed by atoms with Crippen molar-refractivity contribution in [2.45, 2.75) is 32.7 Å².